The van der Waals surface area contributed by atoms with E-state index in [4.69, 9.17) is 4.74 Å². The van der Waals surface area contributed by atoms with Gasteiger partial charge in [0.05, 0.1) is 6.61 Å². The summed E-state index contributed by atoms with van der Waals surface area (Å²) in [6.07, 6.45) is 14.9. The summed E-state index contributed by atoms with van der Waals surface area (Å²) in [5.41, 5.74) is 1.91. The smallest absolute Gasteiger partial charge is 0.342 e. The average molecular weight is 441 g/mol. The van der Waals surface area contributed by atoms with Crippen molar-refractivity contribution in [3.05, 3.63) is 59.2 Å². The number of aryl methyl sites for hydroxylation is 2. The summed E-state index contributed by atoms with van der Waals surface area (Å²) in [5, 5.41) is 20.1. The number of carbonyl (C=O) groups excluding carboxylic acids is 1. The molecule has 0 unspecified atom stereocenters. The molecule has 0 amide bonds. The standard InChI is InChI=1S/C28H40O4/c1-2-3-4-5-6-7-8-9-10-11-15-20-32-28(31)27-24(21-25(29)22-26(27)30)19-18-23-16-13-12-14-17-23/h12-14,16-17,21-22,29-30H,2-11,15,18-20H2,1H3. The molecular weight excluding hydrogens is 400 g/mol. The number of ether oxygens (including phenoxy) is 1. The third-order valence-electron chi connectivity index (χ3n) is 5.89. The zero-order chi connectivity index (χ0) is 23.0. The van der Waals surface area contributed by atoms with Gasteiger partial charge in [0.15, 0.2) is 0 Å². The predicted octanol–water partition coefficient (Wildman–Crippen LogP) is 7.35. The van der Waals surface area contributed by atoms with E-state index in [-0.39, 0.29) is 17.1 Å². The van der Waals surface area contributed by atoms with Crippen LogP contribution in [0.2, 0.25) is 0 Å². The Bertz CT molecular complexity index is 786. The van der Waals surface area contributed by atoms with E-state index in [0.29, 0.717) is 25.0 Å². The fourth-order valence-corrected chi connectivity index (χ4v) is 4.03. The average Bonchev–Trinajstić information content (AvgIpc) is 2.78. The second-order valence-electron chi connectivity index (χ2n) is 8.66. The van der Waals surface area contributed by atoms with E-state index in [0.717, 1.165) is 18.4 Å². The van der Waals surface area contributed by atoms with Crippen molar-refractivity contribution in [2.24, 2.45) is 0 Å². The number of hydrogen-bond acceptors (Lipinski definition) is 4. The van der Waals surface area contributed by atoms with Crippen LogP contribution in [0.1, 0.15) is 99.0 Å². The third kappa shape index (κ3) is 9.76. The SMILES string of the molecule is CCCCCCCCCCCCCOC(=O)c1c(O)cc(O)cc1CCc1ccccc1. The summed E-state index contributed by atoms with van der Waals surface area (Å²) in [6.45, 7) is 2.60. The molecule has 0 aliphatic rings. The van der Waals surface area contributed by atoms with Gasteiger partial charge < -0.3 is 14.9 Å². The van der Waals surface area contributed by atoms with Crippen LogP contribution in [-0.2, 0) is 17.6 Å². The molecule has 0 aliphatic heterocycles. The molecule has 0 saturated carbocycles. The molecule has 2 N–H and O–H groups in total. The van der Waals surface area contributed by atoms with E-state index in [9.17, 15) is 15.0 Å². The van der Waals surface area contributed by atoms with Crippen LogP contribution in [0.3, 0.4) is 0 Å². The molecular formula is C28H40O4. The molecule has 0 aromatic heterocycles. The van der Waals surface area contributed by atoms with Crippen LogP contribution in [-0.4, -0.2) is 22.8 Å². The van der Waals surface area contributed by atoms with Crippen LogP contribution in [0.15, 0.2) is 42.5 Å². The summed E-state index contributed by atoms with van der Waals surface area (Å²) in [7, 11) is 0. The van der Waals surface area contributed by atoms with Gasteiger partial charge in [0.2, 0.25) is 0 Å². The zero-order valence-corrected chi connectivity index (χ0v) is 19.7. The summed E-state index contributed by atoms with van der Waals surface area (Å²) in [6, 6.07) is 12.7. The Morgan fingerprint density at radius 2 is 1.38 bits per heavy atom. The minimum Gasteiger partial charge on any atom is -0.508 e. The normalized spacial score (nSPS) is 10.9. The molecule has 176 valence electrons. The molecule has 0 bridgehead atoms. The van der Waals surface area contributed by atoms with Crippen molar-refractivity contribution in [2.45, 2.75) is 90.4 Å². The lowest BCUT2D eigenvalue weighted by atomic mass is 9.98. The molecule has 0 fully saturated rings. The topological polar surface area (TPSA) is 66.8 Å². The first-order chi connectivity index (χ1) is 15.6. The Labute approximate surface area is 193 Å². The fourth-order valence-electron chi connectivity index (χ4n) is 4.03. The molecule has 4 nitrogen and oxygen atoms in total. The minimum absolute atomic E-state index is 0.0486. The summed E-state index contributed by atoms with van der Waals surface area (Å²) < 4.78 is 5.44. The van der Waals surface area contributed by atoms with E-state index in [1.807, 2.05) is 30.3 Å². The maximum Gasteiger partial charge on any atom is 0.342 e. The van der Waals surface area contributed by atoms with Crippen LogP contribution in [0.4, 0.5) is 0 Å². The first-order valence-corrected chi connectivity index (χ1v) is 12.4. The number of hydrogen-bond donors (Lipinski definition) is 2. The van der Waals surface area contributed by atoms with Crippen molar-refractivity contribution < 1.29 is 19.7 Å². The van der Waals surface area contributed by atoms with Crippen LogP contribution >= 0.6 is 0 Å². The van der Waals surface area contributed by atoms with E-state index >= 15 is 0 Å². The van der Waals surface area contributed by atoms with Gasteiger partial charge >= 0.3 is 5.97 Å². The molecule has 0 atom stereocenters. The molecule has 2 rings (SSSR count). The lowest BCUT2D eigenvalue weighted by molar-refractivity contribution is 0.0493. The van der Waals surface area contributed by atoms with Crippen LogP contribution in [0.25, 0.3) is 0 Å². The summed E-state index contributed by atoms with van der Waals surface area (Å²) >= 11 is 0. The van der Waals surface area contributed by atoms with Crippen molar-refractivity contribution >= 4 is 5.97 Å². The maximum atomic E-state index is 12.6. The fraction of sp³-hybridized carbons (Fsp3) is 0.536. The van der Waals surface area contributed by atoms with Gasteiger partial charge in [-0.3, -0.25) is 0 Å². The van der Waals surface area contributed by atoms with Gasteiger partial charge in [0, 0.05) is 6.07 Å². The maximum absolute atomic E-state index is 12.6. The highest BCUT2D eigenvalue weighted by Crippen LogP contribution is 2.29. The molecule has 0 aliphatic carbocycles. The van der Waals surface area contributed by atoms with Gasteiger partial charge in [-0.05, 0) is 36.5 Å². The number of phenolic OH excluding ortho intramolecular Hbond substituents is 2. The van der Waals surface area contributed by atoms with Crippen molar-refractivity contribution in [1.29, 1.82) is 0 Å². The monoisotopic (exact) mass is 440 g/mol. The van der Waals surface area contributed by atoms with E-state index in [1.54, 1.807) is 6.07 Å². The van der Waals surface area contributed by atoms with Crippen molar-refractivity contribution in [3.8, 4) is 11.5 Å². The number of carbonyl (C=O) groups is 1. The Hall–Kier alpha value is -2.49. The van der Waals surface area contributed by atoms with Crippen molar-refractivity contribution in [3.63, 3.8) is 0 Å². The Balaban J connectivity index is 1.70. The van der Waals surface area contributed by atoms with Gasteiger partial charge in [0.25, 0.3) is 0 Å². The van der Waals surface area contributed by atoms with Crippen LogP contribution < -0.4 is 0 Å². The first-order valence-electron chi connectivity index (χ1n) is 12.4. The Kier molecular flexibility index (Phi) is 12.3. The number of unbranched alkanes of at least 4 members (excludes halogenated alkanes) is 10. The molecule has 32 heavy (non-hydrogen) atoms. The van der Waals surface area contributed by atoms with Gasteiger partial charge in [-0.15, -0.1) is 0 Å². The minimum atomic E-state index is -0.516. The number of benzene rings is 2. The van der Waals surface area contributed by atoms with Crippen molar-refractivity contribution in [2.75, 3.05) is 6.61 Å². The lowest BCUT2D eigenvalue weighted by Crippen LogP contribution is -2.10. The second kappa shape index (κ2) is 15.3. The molecule has 0 saturated heterocycles. The molecule has 0 spiro atoms. The number of rotatable bonds is 16. The van der Waals surface area contributed by atoms with E-state index in [1.165, 1.54) is 63.9 Å². The highest BCUT2D eigenvalue weighted by molar-refractivity contribution is 5.94. The number of aromatic hydroxyl groups is 2. The second-order valence-corrected chi connectivity index (χ2v) is 8.66. The molecule has 4 heteroatoms. The predicted molar refractivity (Wildman–Crippen MR) is 130 cm³/mol. The Morgan fingerprint density at radius 3 is 2.00 bits per heavy atom. The van der Waals surface area contributed by atoms with Crippen LogP contribution in [0, 0.1) is 0 Å². The van der Waals surface area contributed by atoms with Gasteiger partial charge in [-0.1, -0.05) is 101 Å². The highest BCUT2D eigenvalue weighted by Gasteiger charge is 2.19. The number of esters is 1. The van der Waals surface area contributed by atoms with Gasteiger partial charge in [0.1, 0.15) is 17.1 Å². The quantitative estimate of drug-likeness (QED) is 0.211. The van der Waals surface area contributed by atoms with E-state index < -0.39 is 5.97 Å². The van der Waals surface area contributed by atoms with Gasteiger partial charge in [-0.2, -0.15) is 0 Å². The van der Waals surface area contributed by atoms with Gasteiger partial charge in [-0.25, -0.2) is 4.79 Å². The molecule has 2 aromatic rings. The van der Waals surface area contributed by atoms with E-state index in [2.05, 4.69) is 6.92 Å². The molecule has 0 heterocycles. The lowest BCUT2D eigenvalue weighted by Gasteiger charge is -2.12. The summed E-state index contributed by atoms with van der Waals surface area (Å²) in [4.78, 5) is 12.6. The third-order valence-corrected chi connectivity index (χ3v) is 5.89. The van der Waals surface area contributed by atoms with Crippen LogP contribution in [0.5, 0.6) is 11.5 Å². The Morgan fingerprint density at radius 1 is 0.781 bits per heavy atom. The van der Waals surface area contributed by atoms with Crippen molar-refractivity contribution in [1.82, 2.24) is 0 Å². The largest absolute Gasteiger partial charge is 0.508 e. The molecule has 0 radical (unpaired) electrons. The zero-order valence-electron chi connectivity index (χ0n) is 19.7. The first kappa shape index (κ1) is 25.8. The highest BCUT2D eigenvalue weighted by atomic mass is 16.5. The number of phenols is 2. The molecule has 2 aromatic carbocycles. The summed E-state index contributed by atoms with van der Waals surface area (Å²) in [5.74, 6) is -0.790.